The van der Waals surface area contributed by atoms with E-state index < -0.39 is 0 Å². The Bertz CT molecular complexity index is 572. The van der Waals surface area contributed by atoms with Crippen molar-refractivity contribution in [1.82, 2.24) is 0 Å². The largest absolute Gasteiger partial charge is 0.508 e. The molecule has 0 radical (unpaired) electrons. The maximum absolute atomic E-state index is 8.63. The monoisotopic (exact) mass is 238 g/mol. The van der Waals surface area contributed by atoms with Gasteiger partial charge in [0.25, 0.3) is 0 Å². The number of hydrogen-bond acceptors (Lipinski definition) is 4. The lowest BCUT2D eigenvalue weighted by atomic mass is 10.1. The Kier molecular flexibility index (Phi) is 4.78. The van der Waals surface area contributed by atoms with E-state index in [1.54, 1.807) is 36.4 Å². The lowest BCUT2D eigenvalue weighted by molar-refractivity contribution is 0.364. The number of hydrogen-bond donors (Lipinski definition) is 1. The summed E-state index contributed by atoms with van der Waals surface area (Å²) >= 11 is 0. The van der Waals surface area contributed by atoms with Crippen LogP contribution in [0.5, 0.6) is 5.75 Å². The van der Waals surface area contributed by atoms with E-state index in [1.807, 2.05) is 12.1 Å². The summed E-state index contributed by atoms with van der Waals surface area (Å²) in [6, 6.07) is 12.3. The van der Waals surface area contributed by atoms with Gasteiger partial charge in [0.05, 0.1) is 6.26 Å². The first kappa shape index (κ1) is 13.1. The fourth-order valence-electron chi connectivity index (χ4n) is 1.11. The van der Waals surface area contributed by atoms with Crippen LogP contribution in [-0.4, -0.2) is 5.11 Å². The van der Waals surface area contributed by atoms with Crippen molar-refractivity contribution >= 4 is 0 Å². The highest BCUT2D eigenvalue weighted by Crippen LogP contribution is 2.19. The van der Waals surface area contributed by atoms with Crippen molar-refractivity contribution in [2.45, 2.75) is 0 Å². The van der Waals surface area contributed by atoms with Crippen LogP contribution in [0.1, 0.15) is 0 Å². The van der Waals surface area contributed by atoms with Gasteiger partial charge in [0, 0.05) is 0 Å². The minimum Gasteiger partial charge on any atom is -0.508 e. The van der Waals surface area contributed by atoms with Crippen molar-refractivity contribution in [1.29, 1.82) is 10.5 Å². The van der Waals surface area contributed by atoms with Gasteiger partial charge in [-0.05, 0) is 23.8 Å². The third kappa shape index (κ3) is 3.55. The number of benzene rings is 1. The molecule has 0 unspecified atom stereocenters. The minimum atomic E-state index is 0.0139. The van der Waals surface area contributed by atoms with E-state index in [-0.39, 0.29) is 11.3 Å². The molecule has 0 bridgehead atoms. The van der Waals surface area contributed by atoms with Crippen LogP contribution in [0.3, 0.4) is 0 Å². The summed E-state index contributed by atoms with van der Waals surface area (Å²) < 4.78 is 4.76. The van der Waals surface area contributed by atoms with Gasteiger partial charge in [0.2, 0.25) is 5.76 Å². The average molecular weight is 238 g/mol. The first-order valence-electron chi connectivity index (χ1n) is 5.00. The Hall–Kier alpha value is -2.98. The fourth-order valence-corrected chi connectivity index (χ4v) is 1.11. The number of allylic oxidation sites excluding steroid dienone is 4. The van der Waals surface area contributed by atoms with E-state index in [9.17, 15) is 0 Å². The molecule has 18 heavy (non-hydrogen) atoms. The highest BCUT2D eigenvalue weighted by Gasteiger charge is 2.12. The van der Waals surface area contributed by atoms with Gasteiger partial charge in [0.15, 0.2) is 0 Å². The van der Waals surface area contributed by atoms with Gasteiger partial charge in [-0.25, -0.2) is 0 Å². The Balaban J connectivity index is 0.000000199. The number of ether oxygens (including phenoxy) is 1. The van der Waals surface area contributed by atoms with E-state index in [1.165, 1.54) is 6.26 Å². The molecule has 0 saturated carbocycles. The van der Waals surface area contributed by atoms with E-state index in [2.05, 4.69) is 6.58 Å². The molecule has 0 atom stereocenters. The van der Waals surface area contributed by atoms with E-state index in [0.29, 0.717) is 11.3 Å². The summed E-state index contributed by atoms with van der Waals surface area (Å²) in [5.74, 6) is 0.336. The zero-order valence-electron chi connectivity index (χ0n) is 9.50. The van der Waals surface area contributed by atoms with Gasteiger partial charge < -0.3 is 9.84 Å². The first-order valence-corrected chi connectivity index (χ1v) is 5.00. The van der Waals surface area contributed by atoms with Crippen LogP contribution in [0, 0.1) is 22.7 Å². The van der Waals surface area contributed by atoms with Gasteiger partial charge >= 0.3 is 0 Å². The molecule has 88 valence electrons. The maximum atomic E-state index is 8.63. The Labute approximate surface area is 105 Å². The number of phenols is 1. The predicted octanol–water partition coefficient (Wildman–Crippen LogP) is 2.78. The van der Waals surface area contributed by atoms with Gasteiger partial charge in [-0.2, -0.15) is 10.5 Å². The summed E-state index contributed by atoms with van der Waals surface area (Å²) in [6.07, 6.45) is 2.88. The quantitative estimate of drug-likeness (QED) is 0.753. The Morgan fingerprint density at radius 1 is 1.11 bits per heavy atom. The average Bonchev–Trinajstić information content (AvgIpc) is 2.40. The molecular weight excluding hydrogens is 228 g/mol. The molecule has 2 rings (SSSR count). The van der Waals surface area contributed by atoms with E-state index >= 15 is 0 Å². The standard InChI is InChI=1S/C8H4N2O.C6H6O/c1-6-2-3-11-8(5-10)7(6)4-9;7-6-4-2-1-3-5-6/h2-3H,1H2;1-5,7H. The maximum Gasteiger partial charge on any atom is 0.221 e. The topological polar surface area (TPSA) is 77.0 Å². The molecule has 4 heteroatoms. The Morgan fingerprint density at radius 3 is 2.17 bits per heavy atom. The molecule has 0 aromatic heterocycles. The van der Waals surface area contributed by atoms with Gasteiger partial charge in [-0.3, -0.25) is 0 Å². The normalized spacial score (nSPS) is 12.7. The molecule has 1 heterocycles. The zero-order valence-corrected chi connectivity index (χ0v) is 9.50. The molecule has 1 aromatic rings. The zero-order chi connectivity index (χ0) is 13.4. The summed E-state index contributed by atoms with van der Waals surface area (Å²) in [4.78, 5) is 0. The smallest absolute Gasteiger partial charge is 0.221 e. The number of para-hydroxylation sites is 1. The number of nitriles is 2. The van der Waals surface area contributed by atoms with Crippen molar-refractivity contribution in [3.05, 3.63) is 66.2 Å². The molecule has 4 nitrogen and oxygen atoms in total. The second kappa shape index (κ2) is 6.57. The van der Waals surface area contributed by atoms with Gasteiger partial charge in [0.1, 0.15) is 23.5 Å². The molecule has 0 saturated heterocycles. The fraction of sp³-hybridized carbons (Fsp3) is 0. The molecule has 1 aromatic carbocycles. The van der Waals surface area contributed by atoms with E-state index in [0.717, 1.165) is 0 Å². The molecule has 1 aliphatic rings. The third-order valence-corrected chi connectivity index (χ3v) is 1.97. The lowest BCUT2D eigenvalue weighted by Crippen LogP contribution is -1.96. The molecule has 0 amide bonds. The van der Waals surface area contributed by atoms with E-state index in [4.69, 9.17) is 20.4 Å². The highest BCUT2D eigenvalue weighted by molar-refractivity contribution is 5.53. The van der Waals surface area contributed by atoms with Crippen molar-refractivity contribution in [2.75, 3.05) is 0 Å². The van der Waals surface area contributed by atoms with Crippen molar-refractivity contribution < 1.29 is 9.84 Å². The summed E-state index contributed by atoms with van der Waals surface area (Å²) in [5.41, 5.74) is 0.713. The number of phenolic OH excluding ortho intramolecular Hbond substituents is 1. The second-order valence-electron chi connectivity index (χ2n) is 3.21. The number of aromatic hydroxyl groups is 1. The molecule has 0 aliphatic carbocycles. The van der Waals surface area contributed by atoms with Crippen molar-refractivity contribution in [3.8, 4) is 17.9 Å². The number of nitrogens with zero attached hydrogens (tertiary/aromatic N) is 2. The van der Waals surface area contributed by atoms with Crippen LogP contribution in [0.2, 0.25) is 0 Å². The first-order chi connectivity index (χ1) is 8.69. The van der Waals surface area contributed by atoms with Crippen LogP contribution < -0.4 is 0 Å². The van der Waals surface area contributed by atoms with Gasteiger partial charge in [-0.15, -0.1) is 0 Å². The van der Waals surface area contributed by atoms with Crippen molar-refractivity contribution in [3.63, 3.8) is 0 Å². The van der Waals surface area contributed by atoms with Crippen molar-refractivity contribution in [2.24, 2.45) is 0 Å². The van der Waals surface area contributed by atoms with Crippen LogP contribution >= 0.6 is 0 Å². The van der Waals surface area contributed by atoms with Crippen LogP contribution in [0.25, 0.3) is 0 Å². The van der Waals surface area contributed by atoms with Crippen LogP contribution in [-0.2, 0) is 4.74 Å². The second-order valence-corrected chi connectivity index (χ2v) is 3.21. The molecule has 1 N–H and O–H groups in total. The van der Waals surface area contributed by atoms with Gasteiger partial charge in [-0.1, -0.05) is 24.8 Å². The predicted molar refractivity (Wildman–Crippen MR) is 65.7 cm³/mol. The Morgan fingerprint density at radius 2 is 1.78 bits per heavy atom. The minimum absolute atomic E-state index is 0.0139. The molecular formula is C14H10N2O2. The lowest BCUT2D eigenvalue weighted by Gasteiger charge is -2.06. The van der Waals surface area contributed by atoms with Crippen LogP contribution in [0.4, 0.5) is 0 Å². The summed E-state index contributed by atoms with van der Waals surface area (Å²) in [6.45, 7) is 3.57. The van der Waals surface area contributed by atoms with Crippen LogP contribution in [0.15, 0.2) is 66.2 Å². The highest BCUT2D eigenvalue weighted by atomic mass is 16.5. The molecule has 1 aliphatic heterocycles. The SMILES string of the molecule is C=C1C=COC(C#N)=C1C#N.Oc1ccccc1. The summed E-state index contributed by atoms with van der Waals surface area (Å²) in [5, 5.41) is 25.6. The molecule has 0 fully saturated rings. The third-order valence-electron chi connectivity index (χ3n) is 1.97. The summed E-state index contributed by atoms with van der Waals surface area (Å²) in [7, 11) is 0. The molecule has 0 spiro atoms. The number of rotatable bonds is 0.